The Hall–Kier alpha value is -2.23. The molecule has 0 bridgehead atoms. The van der Waals surface area contributed by atoms with Gasteiger partial charge in [-0.05, 0) is 23.6 Å². The Balaban J connectivity index is 2.22. The van der Waals surface area contributed by atoms with E-state index in [2.05, 4.69) is 24.1 Å². The molecule has 2 aromatic rings. The number of anilines is 2. The summed E-state index contributed by atoms with van der Waals surface area (Å²) in [6.07, 6.45) is 1.60. The second-order valence-corrected chi connectivity index (χ2v) is 4.54. The van der Waals surface area contributed by atoms with Gasteiger partial charge in [0.25, 0.3) is 5.91 Å². The topological polar surface area (TPSA) is 70.9 Å². The summed E-state index contributed by atoms with van der Waals surface area (Å²) in [4.78, 5) is 14.8. The summed E-state index contributed by atoms with van der Waals surface area (Å²) >= 11 is 0. The fourth-order valence-electron chi connectivity index (χ4n) is 1.85. The van der Waals surface area contributed by atoms with Crippen LogP contribution in [0.2, 0.25) is 0 Å². The molecule has 1 aromatic carbocycles. The number of H-pyrrole nitrogens is 1. The minimum atomic E-state index is -0.181. The Morgan fingerprint density at radius 3 is 2.67 bits per heavy atom. The first-order valence-corrected chi connectivity index (χ1v) is 5.92. The molecule has 18 heavy (non-hydrogen) atoms. The Morgan fingerprint density at radius 1 is 1.33 bits per heavy atom. The molecule has 0 aliphatic rings. The summed E-state index contributed by atoms with van der Waals surface area (Å²) in [5.41, 5.74) is 8.55. The molecule has 0 saturated carbocycles. The largest absolute Gasteiger partial charge is 0.397 e. The zero-order chi connectivity index (χ0) is 13.1. The Bertz CT molecular complexity index is 558. The maximum Gasteiger partial charge on any atom is 0.272 e. The van der Waals surface area contributed by atoms with Crippen molar-refractivity contribution in [3.63, 3.8) is 0 Å². The lowest BCUT2D eigenvalue weighted by atomic mass is 10.0. The summed E-state index contributed by atoms with van der Waals surface area (Å²) in [5.74, 6) is 0.176. The summed E-state index contributed by atoms with van der Waals surface area (Å²) in [6, 6.07) is 9.42. The smallest absolute Gasteiger partial charge is 0.272 e. The van der Waals surface area contributed by atoms with Gasteiger partial charge in [0.2, 0.25) is 0 Å². The van der Waals surface area contributed by atoms with Crippen molar-refractivity contribution in [1.82, 2.24) is 4.98 Å². The highest BCUT2D eigenvalue weighted by Gasteiger charge is 2.11. The molecule has 0 spiro atoms. The number of para-hydroxylation sites is 1. The summed E-state index contributed by atoms with van der Waals surface area (Å²) in [5, 5.41) is 2.90. The number of nitrogens with two attached hydrogens (primary N) is 1. The minimum absolute atomic E-state index is 0.181. The van der Waals surface area contributed by atoms with Gasteiger partial charge in [0.15, 0.2) is 0 Å². The number of nitrogen functional groups attached to an aromatic ring is 1. The van der Waals surface area contributed by atoms with Crippen molar-refractivity contribution in [3.8, 4) is 0 Å². The first kappa shape index (κ1) is 12.2. The van der Waals surface area contributed by atoms with Gasteiger partial charge in [-0.15, -0.1) is 0 Å². The molecule has 1 aromatic heterocycles. The molecule has 1 amide bonds. The Morgan fingerprint density at radius 2 is 2.06 bits per heavy atom. The van der Waals surface area contributed by atoms with Crippen LogP contribution in [-0.2, 0) is 0 Å². The van der Waals surface area contributed by atoms with E-state index in [1.165, 1.54) is 0 Å². The number of hydrogen-bond donors (Lipinski definition) is 3. The molecular weight excluding hydrogens is 226 g/mol. The van der Waals surface area contributed by atoms with Crippen LogP contribution in [0, 0.1) is 0 Å². The highest BCUT2D eigenvalue weighted by molar-refractivity contribution is 6.04. The monoisotopic (exact) mass is 243 g/mol. The lowest BCUT2D eigenvalue weighted by Crippen LogP contribution is -2.13. The zero-order valence-corrected chi connectivity index (χ0v) is 10.5. The zero-order valence-electron chi connectivity index (χ0n) is 10.5. The van der Waals surface area contributed by atoms with E-state index in [0.29, 0.717) is 17.3 Å². The number of benzene rings is 1. The van der Waals surface area contributed by atoms with E-state index in [9.17, 15) is 4.79 Å². The third kappa shape index (κ3) is 2.53. The summed E-state index contributed by atoms with van der Waals surface area (Å²) < 4.78 is 0. The number of carbonyl (C=O) groups excluding carboxylic acids is 1. The predicted molar refractivity (Wildman–Crippen MR) is 73.7 cm³/mol. The molecule has 0 atom stereocenters. The van der Waals surface area contributed by atoms with Crippen molar-refractivity contribution in [2.45, 2.75) is 19.8 Å². The average Bonchev–Trinajstić information content (AvgIpc) is 2.76. The molecule has 0 unspecified atom stereocenters. The summed E-state index contributed by atoms with van der Waals surface area (Å²) in [7, 11) is 0. The van der Waals surface area contributed by atoms with Gasteiger partial charge in [0.05, 0.1) is 0 Å². The first-order valence-electron chi connectivity index (χ1n) is 5.92. The lowest BCUT2D eigenvalue weighted by Gasteiger charge is -2.13. The van der Waals surface area contributed by atoms with Gasteiger partial charge in [-0.3, -0.25) is 4.79 Å². The third-order valence-corrected chi connectivity index (χ3v) is 2.78. The van der Waals surface area contributed by atoms with Crippen LogP contribution in [0.15, 0.2) is 36.5 Å². The van der Waals surface area contributed by atoms with Crippen molar-refractivity contribution < 1.29 is 4.79 Å². The van der Waals surface area contributed by atoms with E-state index in [-0.39, 0.29) is 5.91 Å². The highest BCUT2D eigenvalue weighted by Crippen LogP contribution is 2.24. The standard InChI is InChI=1S/C14H17N3O/c1-9(2)11-5-3-4-6-12(11)17-14(18)13-7-10(15)8-16-13/h3-9,16H,15H2,1-2H3,(H,17,18). The van der Waals surface area contributed by atoms with Crippen LogP contribution < -0.4 is 11.1 Å². The Kier molecular flexibility index (Phi) is 3.37. The summed E-state index contributed by atoms with van der Waals surface area (Å²) in [6.45, 7) is 4.19. The van der Waals surface area contributed by atoms with E-state index >= 15 is 0 Å². The molecule has 1 heterocycles. The van der Waals surface area contributed by atoms with Crippen molar-refractivity contribution >= 4 is 17.3 Å². The average molecular weight is 243 g/mol. The van der Waals surface area contributed by atoms with Gasteiger partial charge in [-0.2, -0.15) is 0 Å². The van der Waals surface area contributed by atoms with E-state index in [1.54, 1.807) is 12.3 Å². The Labute approximate surface area is 106 Å². The maximum atomic E-state index is 12.0. The number of nitrogens with one attached hydrogen (secondary N) is 2. The quantitative estimate of drug-likeness (QED) is 0.775. The van der Waals surface area contributed by atoms with Gasteiger partial charge < -0.3 is 16.0 Å². The van der Waals surface area contributed by atoms with Crippen molar-refractivity contribution in [2.24, 2.45) is 0 Å². The van der Waals surface area contributed by atoms with Crippen LogP contribution in [0.4, 0.5) is 11.4 Å². The first-order chi connectivity index (χ1) is 8.58. The molecule has 2 rings (SSSR count). The van der Waals surface area contributed by atoms with E-state index < -0.39 is 0 Å². The van der Waals surface area contributed by atoms with Gasteiger partial charge >= 0.3 is 0 Å². The minimum Gasteiger partial charge on any atom is -0.397 e. The van der Waals surface area contributed by atoms with Gasteiger partial charge in [0, 0.05) is 17.6 Å². The van der Waals surface area contributed by atoms with E-state index in [0.717, 1.165) is 11.3 Å². The van der Waals surface area contributed by atoms with Crippen LogP contribution in [-0.4, -0.2) is 10.9 Å². The van der Waals surface area contributed by atoms with E-state index in [4.69, 9.17) is 5.73 Å². The normalized spacial score (nSPS) is 10.6. The molecule has 0 radical (unpaired) electrons. The molecule has 0 aliphatic carbocycles. The number of hydrogen-bond acceptors (Lipinski definition) is 2. The molecule has 0 aliphatic heterocycles. The van der Waals surface area contributed by atoms with Crippen LogP contribution in [0.25, 0.3) is 0 Å². The second-order valence-electron chi connectivity index (χ2n) is 4.54. The third-order valence-electron chi connectivity index (χ3n) is 2.78. The number of aromatic amines is 1. The van der Waals surface area contributed by atoms with Crippen molar-refractivity contribution in [3.05, 3.63) is 47.8 Å². The number of rotatable bonds is 3. The highest BCUT2D eigenvalue weighted by atomic mass is 16.1. The molecule has 94 valence electrons. The molecule has 0 fully saturated rings. The molecular formula is C14H17N3O. The van der Waals surface area contributed by atoms with E-state index in [1.807, 2.05) is 24.3 Å². The fraction of sp³-hybridized carbons (Fsp3) is 0.214. The van der Waals surface area contributed by atoms with Crippen LogP contribution in [0.3, 0.4) is 0 Å². The fourth-order valence-corrected chi connectivity index (χ4v) is 1.85. The molecule has 0 saturated heterocycles. The van der Waals surface area contributed by atoms with Crippen molar-refractivity contribution in [2.75, 3.05) is 11.1 Å². The number of aromatic nitrogens is 1. The molecule has 4 N–H and O–H groups in total. The molecule has 4 heteroatoms. The predicted octanol–water partition coefficient (Wildman–Crippen LogP) is 2.97. The van der Waals surface area contributed by atoms with Crippen molar-refractivity contribution in [1.29, 1.82) is 0 Å². The maximum absolute atomic E-state index is 12.0. The number of amides is 1. The number of carbonyl (C=O) groups is 1. The van der Waals surface area contributed by atoms with Gasteiger partial charge in [0.1, 0.15) is 5.69 Å². The van der Waals surface area contributed by atoms with Gasteiger partial charge in [-0.1, -0.05) is 32.0 Å². The van der Waals surface area contributed by atoms with Crippen LogP contribution >= 0.6 is 0 Å². The second kappa shape index (κ2) is 4.96. The SMILES string of the molecule is CC(C)c1ccccc1NC(=O)c1cc(N)c[nH]1. The van der Waals surface area contributed by atoms with Crippen LogP contribution in [0.1, 0.15) is 35.8 Å². The van der Waals surface area contributed by atoms with Gasteiger partial charge in [-0.25, -0.2) is 0 Å². The van der Waals surface area contributed by atoms with Crippen LogP contribution in [0.5, 0.6) is 0 Å². The lowest BCUT2D eigenvalue weighted by molar-refractivity contribution is 0.102. The molecule has 4 nitrogen and oxygen atoms in total.